The van der Waals surface area contributed by atoms with Gasteiger partial charge in [0.2, 0.25) is 5.88 Å². The van der Waals surface area contributed by atoms with Gasteiger partial charge < -0.3 is 9.47 Å². The van der Waals surface area contributed by atoms with Crippen LogP contribution in [-0.2, 0) is 16.6 Å². The lowest BCUT2D eigenvalue weighted by Gasteiger charge is -2.07. The van der Waals surface area contributed by atoms with Crippen molar-refractivity contribution in [3.8, 4) is 17.1 Å². The van der Waals surface area contributed by atoms with Crippen molar-refractivity contribution >= 4 is 5.97 Å². The van der Waals surface area contributed by atoms with Gasteiger partial charge in [-0.15, -0.1) is 5.10 Å². The van der Waals surface area contributed by atoms with Crippen LogP contribution in [0.3, 0.4) is 0 Å². The molecule has 22 heavy (non-hydrogen) atoms. The summed E-state index contributed by atoms with van der Waals surface area (Å²) in [7, 11) is 1.59. The molecule has 0 bridgehead atoms. The first-order valence-electron chi connectivity index (χ1n) is 6.68. The van der Waals surface area contributed by atoms with Gasteiger partial charge in [-0.25, -0.2) is 13.6 Å². The number of carbonyl (C=O) groups excluding carboxylic acids is 1. The van der Waals surface area contributed by atoms with Crippen molar-refractivity contribution in [2.24, 2.45) is 7.05 Å². The minimum Gasteiger partial charge on any atom is -0.465 e. The zero-order valence-electron chi connectivity index (χ0n) is 12.5. The van der Waals surface area contributed by atoms with E-state index < -0.39 is 17.6 Å². The number of hydrogen-bond donors (Lipinski definition) is 0. The van der Waals surface area contributed by atoms with E-state index in [1.165, 1.54) is 16.8 Å². The van der Waals surface area contributed by atoms with Gasteiger partial charge in [0, 0.05) is 24.7 Å². The Balaban J connectivity index is 2.13. The number of esters is 1. The summed E-state index contributed by atoms with van der Waals surface area (Å²) in [5, 5.41) is 4.03. The van der Waals surface area contributed by atoms with E-state index >= 15 is 0 Å². The van der Waals surface area contributed by atoms with Crippen LogP contribution in [0.4, 0.5) is 8.78 Å². The number of aryl methyl sites for hydroxylation is 1. The molecule has 1 aromatic heterocycles. The van der Waals surface area contributed by atoms with Crippen molar-refractivity contribution in [1.29, 1.82) is 0 Å². The molecule has 7 heteroatoms. The van der Waals surface area contributed by atoms with Crippen LogP contribution in [0, 0.1) is 11.6 Å². The largest absolute Gasteiger partial charge is 0.465 e. The maximum absolute atomic E-state index is 13.8. The Morgan fingerprint density at radius 1 is 1.32 bits per heavy atom. The smallest absolute Gasteiger partial charge is 0.344 e. The zero-order valence-corrected chi connectivity index (χ0v) is 12.5. The lowest BCUT2D eigenvalue weighted by Crippen LogP contribution is -2.18. The topological polar surface area (TPSA) is 53.4 Å². The summed E-state index contributed by atoms with van der Waals surface area (Å²) in [5.41, 5.74) is 0.598. The Hall–Kier alpha value is -2.44. The number of halogens is 2. The SMILES string of the molecule is CC(C)OC(=O)COc1cc(-c2ccc(F)cc2F)n(C)n1. The average molecular weight is 310 g/mol. The monoisotopic (exact) mass is 310 g/mol. The molecule has 0 atom stereocenters. The first-order valence-corrected chi connectivity index (χ1v) is 6.68. The van der Waals surface area contributed by atoms with Gasteiger partial charge in [0.15, 0.2) is 6.61 Å². The summed E-state index contributed by atoms with van der Waals surface area (Å²) in [4.78, 5) is 11.4. The second-order valence-electron chi connectivity index (χ2n) is 4.94. The van der Waals surface area contributed by atoms with E-state index in [1.807, 2.05) is 0 Å². The average Bonchev–Trinajstić information content (AvgIpc) is 2.77. The Morgan fingerprint density at radius 3 is 2.68 bits per heavy atom. The summed E-state index contributed by atoms with van der Waals surface area (Å²) >= 11 is 0. The van der Waals surface area contributed by atoms with Gasteiger partial charge in [-0.2, -0.15) is 0 Å². The molecule has 0 unspecified atom stereocenters. The molecule has 0 aliphatic rings. The quantitative estimate of drug-likeness (QED) is 0.797. The molecule has 0 aliphatic carbocycles. The fraction of sp³-hybridized carbons (Fsp3) is 0.333. The predicted octanol–water partition coefficient (Wildman–Crippen LogP) is 2.70. The van der Waals surface area contributed by atoms with Crippen LogP contribution in [0.5, 0.6) is 5.88 Å². The molecule has 0 N–H and O–H groups in total. The molecular weight excluding hydrogens is 294 g/mol. The Morgan fingerprint density at radius 2 is 2.05 bits per heavy atom. The molecule has 0 saturated heterocycles. The summed E-state index contributed by atoms with van der Waals surface area (Å²) < 4.78 is 38.3. The molecule has 0 saturated carbocycles. The second kappa shape index (κ2) is 6.55. The molecular formula is C15H16F2N2O3. The first kappa shape index (κ1) is 15.9. The van der Waals surface area contributed by atoms with E-state index in [0.29, 0.717) is 5.69 Å². The van der Waals surface area contributed by atoms with E-state index in [4.69, 9.17) is 9.47 Å². The fourth-order valence-corrected chi connectivity index (χ4v) is 1.89. The van der Waals surface area contributed by atoms with Gasteiger partial charge >= 0.3 is 5.97 Å². The van der Waals surface area contributed by atoms with Gasteiger partial charge in [0.25, 0.3) is 0 Å². The van der Waals surface area contributed by atoms with Crippen molar-refractivity contribution in [3.63, 3.8) is 0 Å². The highest BCUT2D eigenvalue weighted by atomic mass is 19.1. The van der Waals surface area contributed by atoms with Crippen molar-refractivity contribution in [2.45, 2.75) is 20.0 Å². The number of benzene rings is 1. The zero-order chi connectivity index (χ0) is 16.3. The van der Waals surface area contributed by atoms with Gasteiger partial charge in [0.1, 0.15) is 11.6 Å². The predicted molar refractivity (Wildman–Crippen MR) is 75.3 cm³/mol. The Bertz CT molecular complexity index is 683. The minimum absolute atomic E-state index is 0.155. The Labute approximate surface area is 126 Å². The summed E-state index contributed by atoms with van der Waals surface area (Å²) in [6.07, 6.45) is -0.233. The van der Waals surface area contributed by atoms with Crippen LogP contribution < -0.4 is 4.74 Å². The molecule has 0 spiro atoms. The summed E-state index contributed by atoms with van der Waals surface area (Å²) in [6.45, 7) is 3.17. The van der Waals surface area contributed by atoms with Crippen molar-refractivity contribution in [3.05, 3.63) is 35.9 Å². The maximum Gasteiger partial charge on any atom is 0.344 e. The lowest BCUT2D eigenvalue weighted by atomic mass is 10.1. The van der Waals surface area contributed by atoms with Gasteiger partial charge in [-0.05, 0) is 26.0 Å². The third kappa shape index (κ3) is 3.81. The molecule has 1 heterocycles. The molecule has 2 rings (SSSR count). The third-order valence-electron chi connectivity index (χ3n) is 2.77. The number of nitrogens with zero attached hydrogens (tertiary/aromatic N) is 2. The number of hydrogen-bond acceptors (Lipinski definition) is 4. The Kier molecular flexibility index (Phi) is 4.75. The molecule has 1 aromatic carbocycles. The summed E-state index contributed by atoms with van der Waals surface area (Å²) in [5.74, 6) is -1.72. The van der Waals surface area contributed by atoms with Crippen LogP contribution >= 0.6 is 0 Å². The first-order chi connectivity index (χ1) is 10.4. The van der Waals surface area contributed by atoms with Crippen LogP contribution in [-0.4, -0.2) is 28.5 Å². The third-order valence-corrected chi connectivity index (χ3v) is 2.77. The molecule has 0 radical (unpaired) electrons. The van der Waals surface area contributed by atoms with Crippen molar-refractivity contribution in [2.75, 3.05) is 6.61 Å². The number of ether oxygens (including phenoxy) is 2. The molecule has 0 fully saturated rings. The number of rotatable bonds is 5. The van der Waals surface area contributed by atoms with E-state index in [0.717, 1.165) is 12.1 Å². The van der Waals surface area contributed by atoms with Crippen molar-refractivity contribution in [1.82, 2.24) is 9.78 Å². The number of carbonyl (C=O) groups is 1. The lowest BCUT2D eigenvalue weighted by molar-refractivity contribution is -0.149. The van der Waals surface area contributed by atoms with Crippen LogP contribution in [0.1, 0.15) is 13.8 Å². The molecule has 0 aliphatic heterocycles. The standard InChI is InChI=1S/C15H16F2N2O3/c1-9(2)22-15(20)8-21-14-7-13(19(3)18-14)11-5-4-10(16)6-12(11)17/h4-7,9H,8H2,1-3H3. The minimum atomic E-state index is -0.700. The van der Waals surface area contributed by atoms with Crippen LogP contribution in [0.25, 0.3) is 11.3 Å². The summed E-state index contributed by atoms with van der Waals surface area (Å²) in [6, 6.07) is 4.74. The van der Waals surface area contributed by atoms with E-state index in [1.54, 1.807) is 20.9 Å². The van der Waals surface area contributed by atoms with E-state index in [-0.39, 0.29) is 24.2 Å². The van der Waals surface area contributed by atoms with Crippen LogP contribution in [0.15, 0.2) is 24.3 Å². The molecule has 2 aromatic rings. The highest BCUT2D eigenvalue weighted by molar-refractivity contribution is 5.71. The highest BCUT2D eigenvalue weighted by Gasteiger charge is 2.14. The maximum atomic E-state index is 13.8. The van der Waals surface area contributed by atoms with Crippen LogP contribution in [0.2, 0.25) is 0 Å². The number of aromatic nitrogens is 2. The highest BCUT2D eigenvalue weighted by Crippen LogP contribution is 2.26. The second-order valence-corrected chi connectivity index (χ2v) is 4.94. The van der Waals surface area contributed by atoms with Gasteiger partial charge in [-0.3, -0.25) is 4.68 Å². The van der Waals surface area contributed by atoms with Crippen molar-refractivity contribution < 1.29 is 23.0 Å². The van der Waals surface area contributed by atoms with Gasteiger partial charge in [0.05, 0.1) is 11.8 Å². The fourth-order valence-electron chi connectivity index (χ4n) is 1.89. The molecule has 0 amide bonds. The van der Waals surface area contributed by atoms with Gasteiger partial charge in [-0.1, -0.05) is 0 Å². The molecule has 5 nitrogen and oxygen atoms in total. The normalized spacial score (nSPS) is 10.8. The van der Waals surface area contributed by atoms with E-state index in [2.05, 4.69) is 5.10 Å². The van der Waals surface area contributed by atoms with E-state index in [9.17, 15) is 13.6 Å². The molecule has 118 valence electrons.